The first-order valence-electron chi connectivity index (χ1n) is 7.78. The first-order chi connectivity index (χ1) is 11.3. The quantitative estimate of drug-likeness (QED) is 0.708. The molecule has 0 radical (unpaired) electrons. The van der Waals surface area contributed by atoms with E-state index < -0.39 is 11.7 Å². The van der Waals surface area contributed by atoms with Gasteiger partial charge in [0.15, 0.2) is 5.58 Å². The van der Waals surface area contributed by atoms with Crippen molar-refractivity contribution in [1.82, 2.24) is 4.98 Å². The molecule has 0 fully saturated rings. The first kappa shape index (κ1) is 16.1. The molecule has 5 heteroatoms. The molecule has 2 heterocycles. The number of furan rings is 1. The molecular weight excluding hydrogens is 304 g/mol. The lowest BCUT2D eigenvalue weighted by atomic mass is 10.1. The fourth-order valence-electron chi connectivity index (χ4n) is 2.31. The number of amides is 1. The van der Waals surface area contributed by atoms with Gasteiger partial charge in [-0.1, -0.05) is 0 Å². The molecule has 0 unspecified atom stereocenters. The normalized spacial score (nSPS) is 11.5. The van der Waals surface area contributed by atoms with Crippen molar-refractivity contribution < 1.29 is 13.9 Å². The van der Waals surface area contributed by atoms with Crippen molar-refractivity contribution in [3.63, 3.8) is 0 Å². The summed E-state index contributed by atoms with van der Waals surface area (Å²) in [6.07, 6.45) is -0.473. The Kier molecular flexibility index (Phi) is 4.01. The minimum atomic E-state index is -0.524. The van der Waals surface area contributed by atoms with E-state index in [-0.39, 0.29) is 0 Å². The lowest BCUT2D eigenvalue weighted by molar-refractivity contribution is 0.0636. The maximum atomic E-state index is 11.8. The van der Waals surface area contributed by atoms with Crippen molar-refractivity contribution in [2.45, 2.75) is 33.3 Å². The number of rotatable bonds is 2. The Morgan fingerprint density at radius 1 is 1.12 bits per heavy atom. The van der Waals surface area contributed by atoms with Crippen molar-refractivity contribution >= 4 is 22.9 Å². The summed E-state index contributed by atoms with van der Waals surface area (Å²) in [4.78, 5) is 16.2. The number of hydrogen-bond donors (Lipinski definition) is 1. The predicted molar refractivity (Wildman–Crippen MR) is 94.0 cm³/mol. The molecule has 1 N–H and O–H groups in total. The topological polar surface area (TPSA) is 64.4 Å². The summed E-state index contributed by atoms with van der Waals surface area (Å²) in [6, 6.07) is 13.1. The average molecular weight is 324 g/mol. The molecule has 0 aliphatic carbocycles. The highest BCUT2D eigenvalue weighted by Crippen LogP contribution is 2.28. The van der Waals surface area contributed by atoms with Crippen LogP contribution in [0.5, 0.6) is 0 Å². The van der Waals surface area contributed by atoms with Gasteiger partial charge in [0.05, 0.1) is 0 Å². The fourth-order valence-corrected chi connectivity index (χ4v) is 2.31. The summed E-state index contributed by atoms with van der Waals surface area (Å²) >= 11 is 0. The number of hydrogen-bond acceptors (Lipinski definition) is 4. The molecule has 0 aliphatic heterocycles. The van der Waals surface area contributed by atoms with Crippen LogP contribution in [0.4, 0.5) is 10.5 Å². The highest BCUT2D eigenvalue weighted by molar-refractivity contribution is 5.85. The zero-order valence-electron chi connectivity index (χ0n) is 14.2. The highest BCUT2D eigenvalue weighted by Gasteiger charge is 2.16. The molecule has 124 valence electrons. The third-order valence-electron chi connectivity index (χ3n) is 3.33. The van der Waals surface area contributed by atoms with Crippen LogP contribution in [0.25, 0.3) is 22.4 Å². The number of fused-ring (bicyclic) bond motifs is 1. The molecule has 3 aromatic rings. The maximum Gasteiger partial charge on any atom is 0.412 e. The molecule has 0 atom stereocenters. The van der Waals surface area contributed by atoms with Crippen molar-refractivity contribution in [3.8, 4) is 11.3 Å². The van der Waals surface area contributed by atoms with Gasteiger partial charge in [-0.05, 0) is 64.1 Å². The predicted octanol–water partition coefficient (Wildman–Crippen LogP) is 5.15. The summed E-state index contributed by atoms with van der Waals surface area (Å²) in [5.74, 6) is 0.743. The number of carbonyl (C=O) groups excluding carboxylic acids is 1. The second kappa shape index (κ2) is 6.00. The van der Waals surface area contributed by atoms with Gasteiger partial charge in [-0.3, -0.25) is 5.32 Å². The monoisotopic (exact) mass is 324 g/mol. The summed E-state index contributed by atoms with van der Waals surface area (Å²) in [5, 5.41) is 2.71. The number of aryl methyl sites for hydroxylation is 1. The number of carbonyl (C=O) groups is 1. The Morgan fingerprint density at radius 2 is 1.83 bits per heavy atom. The number of benzene rings is 1. The molecule has 2 aromatic heterocycles. The zero-order chi connectivity index (χ0) is 17.3. The molecule has 24 heavy (non-hydrogen) atoms. The van der Waals surface area contributed by atoms with Crippen LogP contribution in [0.1, 0.15) is 26.5 Å². The van der Waals surface area contributed by atoms with Crippen LogP contribution < -0.4 is 5.32 Å². The second-order valence-electron chi connectivity index (χ2n) is 6.65. The Hall–Kier alpha value is -2.82. The Balaban J connectivity index is 1.77. The second-order valence-corrected chi connectivity index (χ2v) is 6.65. The van der Waals surface area contributed by atoms with Crippen molar-refractivity contribution in [3.05, 3.63) is 48.2 Å². The van der Waals surface area contributed by atoms with E-state index in [1.54, 1.807) is 0 Å². The smallest absolute Gasteiger partial charge is 0.412 e. The van der Waals surface area contributed by atoms with E-state index in [1.807, 2.05) is 70.2 Å². The molecule has 1 aromatic carbocycles. The average Bonchev–Trinajstić information content (AvgIpc) is 2.89. The van der Waals surface area contributed by atoms with Crippen LogP contribution in [-0.2, 0) is 4.74 Å². The van der Waals surface area contributed by atoms with Gasteiger partial charge in [0, 0.05) is 23.0 Å². The number of pyridine rings is 1. The Bertz CT molecular complexity index is 874. The molecule has 0 saturated carbocycles. The molecule has 0 bridgehead atoms. The van der Waals surface area contributed by atoms with E-state index in [9.17, 15) is 4.79 Å². The third-order valence-corrected chi connectivity index (χ3v) is 3.33. The van der Waals surface area contributed by atoms with Crippen LogP contribution in [-0.4, -0.2) is 16.7 Å². The van der Waals surface area contributed by atoms with Gasteiger partial charge >= 0.3 is 6.09 Å². The maximum absolute atomic E-state index is 11.8. The van der Waals surface area contributed by atoms with Gasteiger partial charge in [0.25, 0.3) is 0 Å². The lowest BCUT2D eigenvalue weighted by Gasteiger charge is -2.19. The minimum absolute atomic E-state index is 0.473. The number of ether oxygens (including phenoxy) is 1. The van der Waals surface area contributed by atoms with Crippen LogP contribution in [0.2, 0.25) is 0 Å². The molecular formula is C19H20N2O3. The van der Waals surface area contributed by atoms with Crippen molar-refractivity contribution in [2.75, 3.05) is 5.32 Å². The zero-order valence-corrected chi connectivity index (χ0v) is 14.2. The molecule has 0 spiro atoms. The minimum Gasteiger partial charge on any atom is -0.454 e. The molecule has 5 nitrogen and oxygen atoms in total. The van der Waals surface area contributed by atoms with E-state index in [0.29, 0.717) is 5.69 Å². The van der Waals surface area contributed by atoms with Gasteiger partial charge in [0.2, 0.25) is 0 Å². The van der Waals surface area contributed by atoms with E-state index in [2.05, 4.69) is 10.3 Å². The van der Waals surface area contributed by atoms with Crippen molar-refractivity contribution in [2.24, 2.45) is 0 Å². The van der Waals surface area contributed by atoms with Gasteiger partial charge in [-0.2, -0.15) is 0 Å². The van der Waals surface area contributed by atoms with Crippen LogP contribution >= 0.6 is 0 Å². The number of anilines is 1. The third kappa shape index (κ3) is 3.74. The van der Waals surface area contributed by atoms with Gasteiger partial charge < -0.3 is 9.15 Å². The number of aromatic nitrogens is 1. The van der Waals surface area contributed by atoms with Crippen LogP contribution in [0.3, 0.4) is 0 Å². The molecule has 0 saturated heterocycles. The van der Waals surface area contributed by atoms with Crippen LogP contribution in [0, 0.1) is 6.92 Å². The van der Waals surface area contributed by atoms with E-state index in [4.69, 9.17) is 9.15 Å². The van der Waals surface area contributed by atoms with Gasteiger partial charge in [-0.15, -0.1) is 0 Å². The van der Waals surface area contributed by atoms with Gasteiger partial charge in [-0.25, -0.2) is 9.78 Å². The lowest BCUT2D eigenvalue weighted by Crippen LogP contribution is -2.27. The SMILES string of the molecule is Cc1ccc2oc(-c3ccc(NC(=O)OC(C)(C)C)cc3)cc2n1. The highest BCUT2D eigenvalue weighted by atomic mass is 16.6. The van der Waals surface area contributed by atoms with E-state index in [1.165, 1.54) is 0 Å². The Labute approximate surface area is 140 Å². The Morgan fingerprint density at radius 3 is 2.50 bits per heavy atom. The van der Waals surface area contributed by atoms with Crippen LogP contribution in [0.15, 0.2) is 46.9 Å². The number of nitrogens with zero attached hydrogens (tertiary/aromatic N) is 1. The molecule has 1 amide bonds. The first-order valence-corrected chi connectivity index (χ1v) is 7.78. The summed E-state index contributed by atoms with van der Waals surface area (Å²) < 4.78 is 11.1. The largest absolute Gasteiger partial charge is 0.454 e. The standard InChI is InChI=1S/C19H20N2O3/c1-12-5-10-16-15(20-12)11-17(23-16)13-6-8-14(9-7-13)21-18(22)24-19(2,3)4/h5-11H,1-4H3,(H,21,22). The summed E-state index contributed by atoms with van der Waals surface area (Å²) in [7, 11) is 0. The van der Waals surface area contributed by atoms with Crippen molar-refractivity contribution in [1.29, 1.82) is 0 Å². The molecule has 0 aliphatic rings. The van der Waals surface area contributed by atoms with E-state index >= 15 is 0 Å². The summed E-state index contributed by atoms with van der Waals surface area (Å²) in [6.45, 7) is 7.43. The fraction of sp³-hybridized carbons (Fsp3) is 0.263. The summed E-state index contributed by atoms with van der Waals surface area (Å²) in [5.41, 5.74) is 3.60. The molecule has 3 rings (SSSR count). The van der Waals surface area contributed by atoms with Gasteiger partial charge in [0.1, 0.15) is 16.9 Å². The number of nitrogens with one attached hydrogen (secondary N) is 1. The van der Waals surface area contributed by atoms with E-state index in [0.717, 1.165) is 28.1 Å².